The Balaban J connectivity index is 1.52. The molecule has 35 heavy (non-hydrogen) atoms. The van der Waals surface area contributed by atoms with E-state index in [4.69, 9.17) is 9.62 Å². The molecule has 0 unspecified atom stereocenters. The fraction of sp³-hybridized carbons (Fsp3) is 0.214. The topological polar surface area (TPSA) is 77.0 Å². The van der Waals surface area contributed by atoms with Crippen molar-refractivity contribution < 1.29 is 9.32 Å². The molecule has 2 aromatic carbocycles. The second-order valence-electron chi connectivity index (χ2n) is 8.88. The van der Waals surface area contributed by atoms with Crippen LogP contribution in [0.25, 0.3) is 28.0 Å². The van der Waals surface area contributed by atoms with Crippen molar-refractivity contribution in [2.75, 3.05) is 7.05 Å². The average Bonchev–Trinajstić information content (AvgIpc) is 3.38. The van der Waals surface area contributed by atoms with Crippen molar-refractivity contribution >= 4 is 17.0 Å². The van der Waals surface area contributed by atoms with Crippen molar-refractivity contribution in [3.8, 4) is 16.9 Å². The molecule has 0 fully saturated rings. The minimum atomic E-state index is -0.122. The molecule has 0 saturated carbocycles. The minimum absolute atomic E-state index is 0.122. The number of hydrogen-bond donors (Lipinski definition) is 0. The maximum absolute atomic E-state index is 13.8. The molecule has 0 aliphatic rings. The van der Waals surface area contributed by atoms with Crippen LogP contribution in [0.1, 0.15) is 38.6 Å². The summed E-state index contributed by atoms with van der Waals surface area (Å²) in [5.74, 6) is -0.122. The summed E-state index contributed by atoms with van der Waals surface area (Å²) in [7, 11) is 1.81. The molecule has 0 saturated heterocycles. The van der Waals surface area contributed by atoms with Crippen molar-refractivity contribution in [3.63, 3.8) is 0 Å². The normalized spacial score (nSPS) is 11.2. The molecule has 0 N–H and O–H groups in total. The summed E-state index contributed by atoms with van der Waals surface area (Å²) < 4.78 is 7.42. The lowest BCUT2D eigenvalue weighted by Gasteiger charge is -2.19. The van der Waals surface area contributed by atoms with Gasteiger partial charge in [-0.05, 0) is 45.4 Å². The van der Waals surface area contributed by atoms with Crippen LogP contribution in [0.5, 0.6) is 0 Å². The third-order valence-electron chi connectivity index (χ3n) is 6.44. The first-order valence-electron chi connectivity index (χ1n) is 11.5. The second kappa shape index (κ2) is 8.83. The van der Waals surface area contributed by atoms with Crippen LogP contribution in [0, 0.1) is 27.7 Å². The number of aromatic nitrogens is 4. The highest BCUT2D eigenvalue weighted by Crippen LogP contribution is 2.29. The first-order chi connectivity index (χ1) is 16.8. The molecule has 7 heteroatoms. The Morgan fingerprint density at radius 2 is 1.69 bits per heavy atom. The molecule has 7 nitrogen and oxygen atoms in total. The highest BCUT2D eigenvalue weighted by atomic mass is 16.5. The fourth-order valence-electron chi connectivity index (χ4n) is 4.47. The van der Waals surface area contributed by atoms with Crippen LogP contribution in [0.15, 0.2) is 65.2 Å². The number of carbonyl (C=O) groups excluding carboxylic acids is 1. The van der Waals surface area contributed by atoms with Crippen molar-refractivity contribution in [1.82, 2.24) is 24.8 Å². The molecule has 176 valence electrons. The number of carbonyl (C=O) groups is 1. The Bertz CT molecular complexity index is 1550. The maximum Gasteiger partial charge on any atom is 0.259 e. The SMILES string of the molecule is Cc1ccccc1-n1nc(C)c(CN(C)C(=O)c2cc(-c3ccccc3)nc3onc(C)c23)c1C. The number of aryl methyl sites for hydroxylation is 3. The van der Waals surface area contributed by atoms with E-state index < -0.39 is 0 Å². The van der Waals surface area contributed by atoms with Crippen LogP contribution >= 0.6 is 0 Å². The van der Waals surface area contributed by atoms with E-state index in [0.717, 1.165) is 33.8 Å². The number of benzene rings is 2. The van der Waals surface area contributed by atoms with Crippen molar-refractivity contribution in [2.24, 2.45) is 0 Å². The van der Waals surface area contributed by atoms with Gasteiger partial charge >= 0.3 is 0 Å². The molecule has 0 aliphatic carbocycles. The zero-order chi connectivity index (χ0) is 24.7. The summed E-state index contributed by atoms with van der Waals surface area (Å²) >= 11 is 0. The number of nitrogens with zero attached hydrogens (tertiary/aromatic N) is 5. The average molecular weight is 466 g/mol. The Hall–Kier alpha value is -4.26. The molecule has 5 aromatic rings. The van der Waals surface area contributed by atoms with E-state index in [1.165, 1.54) is 0 Å². The Kier molecular flexibility index (Phi) is 5.68. The number of hydrogen-bond acceptors (Lipinski definition) is 5. The summed E-state index contributed by atoms with van der Waals surface area (Å²) in [6, 6.07) is 19.7. The number of para-hydroxylation sites is 1. The van der Waals surface area contributed by atoms with Gasteiger partial charge < -0.3 is 9.42 Å². The summed E-state index contributed by atoms with van der Waals surface area (Å²) in [6.45, 7) is 8.35. The van der Waals surface area contributed by atoms with Gasteiger partial charge in [0, 0.05) is 30.4 Å². The fourth-order valence-corrected chi connectivity index (χ4v) is 4.47. The second-order valence-corrected chi connectivity index (χ2v) is 8.88. The quantitative estimate of drug-likeness (QED) is 0.339. The lowest BCUT2D eigenvalue weighted by atomic mass is 10.0. The van der Waals surface area contributed by atoms with Crippen molar-refractivity contribution in [2.45, 2.75) is 34.2 Å². The highest BCUT2D eigenvalue weighted by Gasteiger charge is 2.24. The van der Waals surface area contributed by atoms with E-state index in [1.807, 2.05) is 81.0 Å². The van der Waals surface area contributed by atoms with Crippen LogP contribution in [0.3, 0.4) is 0 Å². The monoisotopic (exact) mass is 465 g/mol. The van der Waals surface area contributed by atoms with Gasteiger partial charge in [-0.1, -0.05) is 53.7 Å². The number of rotatable bonds is 5. The van der Waals surface area contributed by atoms with E-state index >= 15 is 0 Å². The molecular formula is C28H27N5O2. The van der Waals surface area contributed by atoms with Gasteiger partial charge in [0.05, 0.1) is 33.7 Å². The molecule has 3 aromatic heterocycles. The largest absolute Gasteiger partial charge is 0.337 e. The molecule has 0 bridgehead atoms. The van der Waals surface area contributed by atoms with E-state index in [-0.39, 0.29) is 5.91 Å². The Morgan fingerprint density at radius 3 is 2.43 bits per heavy atom. The number of pyridine rings is 1. The van der Waals surface area contributed by atoms with Gasteiger partial charge in [0.25, 0.3) is 11.6 Å². The zero-order valence-electron chi connectivity index (χ0n) is 20.5. The standard InChI is InChI=1S/C28H27N5O2/c1-17-11-9-10-14-25(17)33-20(4)23(18(2)30-33)16-32(5)28(34)22-15-24(21-12-7-6-8-13-21)29-27-26(22)19(3)31-35-27/h6-15H,16H2,1-5H3. The van der Waals surface area contributed by atoms with Gasteiger partial charge in [-0.25, -0.2) is 9.67 Å². The molecule has 0 atom stereocenters. The molecule has 0 spiro atoms. The molecule has 3 heterocycles. The van der Waals surface area contributed by atoms with Crippen molar-refractivity contribution in [3.05, 3.63) is 94.4 Å². The van der Waals surface area contributed by atoms with E-state index in [1.54, 1.807) is 4.90 Å². The first kappa shape index (κ1) is 22.5. The van der Waals surface area contributed by atoms with Crippen LogP contribution in [0.4, 0.5) is 0 Å². The smallest absolute Gasteiger partial charge is 0.259 e. The summed E-state index contributed by atoms with van der Waals surface area (Å²) in [4.78, 5) is 20.1. The van der Waals surface area contributed by atoms with Gasteiger partial charge in [0.15, 0.2) is 0 Å². The van der Waals surface area contributed by atoms with E-state index in [9.17, 15) is 4.79 Å². The van der Waals surface area contributed by atoms with Gasteiger partial charge in [0.2, 0.25) is 0 Å². The maximum atomic E-state index is 13.8. The van der Waals surface area contributed by atoms with E-state index in [2.05, 4.69) is 29.2 Å². The molecule has 0 radical (unpaired) electrons. The number of fused-ring (bicyclic) bond motifs is 1. The predicted molar refractivity (Wildman–Crippen MR) is 136 cm³/mol. The summed E-state index contributed by atoms with van der Waals surface area (Å²) in [5, 5.41) is 9.49. The molecule has 0 aliphatic heterocycles. The summed E-state index contributed by atoms with van der Waals surface area (Å²) in [5.41, 5.74) is 8.23. The molecule has 1 amide bonds. The lowest BCUT2D eigenvalue weighted by Crippen LogP contribution is -2.27. The van der Waals surface area contributed by atoms with Crippen LogP contribution < -0.4 is 0 Å². The minimum Gasteiger partial charge on any atom is -0.337 e. The third kappa shape index (κ3) is 3.99. The van der Waals surface area contributed by atoms with Crippen LogP contribution in [-0.4, -0.2) is 37.8 Å². The third-order valence-corrected chi connectivity index (χ3v) is 6.44. The van der Waals surface area contributed by atoms with Crippen molar-refractivity contribution in [1.29, 1.82) is 0 Å². The lowest BCUT2D eigenvalue weighted by molar-refractivity contribution is 0.0786. The van der Waals surface area contributed by atoms with Gasteiger partial charge in [-0.3, -0.25) is 4.79 Å². The summed E-state index contributed by atoms with van der Waals surface area (Å²) in [6.07, 6.45) is 0. The highest BCUT2D eigenvalue weighted by molar-refractivity contribution is 6.06. The predicted octanol–water partition coefficient (Wildman–Crippen LogP) is 5.58. The van der Waals surface area contributed by atoms with Crippen LogP contribution in [-0.2, 0) is 6.54 Å². The Labute approximate surface area is 204 Å². The van der Waals surface area contributed by atoms with Gasteiger partial charge in [-0.2, -0.15) is 5.10 Å². The number of amides is 1. The van der Waals surface area contributed by atoms with Gasteiger partial charge in [-0.15, -0.1) is 0 Å². The molecular weight excluding hydrogens is 438 g/mol. The van der Waals surface area contributed by atoms with Gasteiger partial charge in [0.1, 0.15) is 0 Å². The zero-order valence-corrected chi connectivity index (χ0v) is 20.5. The Morgan fingerprint density at radius 1 is 0.971 bits per heavy atom. The molecule has 5 rings (SSSR count). The van der Waals surface area contributed by atoms with Crippen LogP contribution in [0.2, 0.25) is 0 Å². The van der Waals surface area contributed by atoms with E-state index in [0.29, 0.717) is 34.6 Å². The first-order valence-corrected chi connectivity index (χ1v) is 11.5.